The van der Waals surface area contributed by atoms with Gasteiger partial charge in [0.25, 0.3) is 5.95 Å². The lowest BCUT2D eigenvalue weighted by atomic mass is 9.85. The first-order valence-corrected chi connectivity index (χ1v) is 21.8. The van der Waals surface area contributed by atoms with E-state index in [9.17, 15) is 33.6 Å². The average molecular weight is 1020 g/mol. The third-order valence-electron chi connectivity index (χ3n) is 10.7. The highest BCUT2D eigenvalue weighted by molar-refractivity contribution is 5.76. The Bertz CT molecular complexity index is 1690. The van der Waals surface area contributed by atoms with Gasteiger partial charge >= 0.3 is 36.7 Å². The molecule has 70 heavy (non-hydrogen) atoms. The number of carbonyl (C=O) groups excluding carboxylic acids is 7. The third-order valence-corrected chi connectivity index (χ3v) is 10.7. The van der Waals surface area contributed by atoms with Crippen molar-refractivity contribution in [2.24, 2.45) is 10.8 Å². The van der Waals surface area contributed by atoms with Crippen molar-refractivity contribution in [3.8, 4) is 0 Å². The Morgan fingerprint density at radius 2 is 1.31 bits per heavy atom. The number of hydrogen-bond donors (Lipinski definition) is 7. The molecule has 6 unspecified atom stereocenters. The molecule has 0 aromatic heterocycles. The van der Waals surface area contributed by atoms with Crippen LogP contribution in [-0.4, -0.2) is 214 Å². The van der Waals surface area contributed by atoms with Gasteiger partial charge in [0, 0.05) is 12.8 Å². The van der Waals surface area contributed by atoms with E-state index in [4.69, 9.17) is 59.1 Å². The Morgan fingerprint density at radius 3 is 1.69 bits per heavy atom. The molecule has 6 atom stereocenters. The lowest BCUT2D eigenvalue weighted by Gasteiger charge is -2.34. The standard InChI is InChI=1S/C9H14O6.C8H12O5.C8H14O3.C7H11NO6.C5H8O4.C5H8O3/c1-9(2)12-4-6(15-9)7-5(3-10)13-8(11)14-7;1-6(10)2-8(3-9)4-12-7(11)13-5-8;1-3-8(4-9)5-10-7(2)11-6-8;1-12-5(10)8-7(2-9)3-13-6(11)14-4-7;1-3(6)4-2-8-5(7)9-4;6-3-4-1-2-5(7)8-4/h5-7,10H,3-4H2,1-2H3;9H,2-5H2,1H3;9H,2-6H2,1H3;9H,2-4H2,1H3,(H,8,10);3-4,6H,2H2,1H3;4,6H,1-3H2. The number of carbonyl (C=O) groups is 7. The topological polar surface area (TPSA) is 382 Å². The van der Waals surface area contributed by atoms with E-state index >= 15 is 0 Å². The Morgan fingerprint density at radius 1 is 0.743 bits per heavy atom. The smallest absolute Gasteiger partial charge is 0.465 e. The van der Waals surface area contributed by atoms with E-state index in [1.807, 2.05) is 6.92 Å². The van der Waals surface area contributed by atoms with Gasteiger partial charge in [-0.2, -0.15) is 0 Å². The largest absolute Gasteiger partial charge is 0.509 e. The number of nitrogens with one attached hydrogen (secondary N) is 1. The summed E-state index contributed by atoms with van der Waals surface area (Å²) >= 11 is 0. The van der Waals surface area contributed by atoms with Crippen LogP contribution in [0.1, 0.15) is 60.3 Å². The maximum Gasteiger partial charge on any atom is 0.509 e. The lowest BCUT2D eigenvalue weighted by Crippen LogP contribution is -2.60. The molecule has 7 aliphatic heterocycles. The van der Waals surface area contributed by atoms with Crippen LogP contribution in [0.5, 0.6) is 0 Å². The molecule has 0 saturated carbocycles. The van der Waals surface area contributed by atoms with E-state index in [1.165, 1.54) is 14.0 Å². The molecule has 28 nitrogen and oxygen atoms in total. The Labute approximate surface area is 402 Å². The molecule has 7 rings (SSSR count). The van der Waals surface area contributed by atoms with Crippen LogP contribution in [0.2, 0.25) is 0 Å². The summed E-state index contributed by atoms with van der Waals surface area (Å²) in [6.07, 6.45) is -4.57. The monoisotopic (exact) mass is 1020 g/mol. The number of ether oxygens (including phenoxy) is 14. The lowest BCUT2D eigenvalue weighted by molar-refractivity contribution is -0.151. The van der Waals surface area contributed by atoms with Crippen molar-refractivity contribution in [3.63, 3.8) is 0 Å². The number of alkyl carbamates (subject to hydrolysis) is 1. The normalized spacial score (nSPS) is 26.4. The van der Waals surface area contributed by atoms with Crippen molar-refractivity contribution in [3.05, 3.63) is 12.5 Å². The molecule has 7 N–H and O–H groups in total. The Kier molecular flexibility index (Phi) is 25.1. The van der Waals surface area contributed by atoms with Gasteiger partial charge in [-0.15, -0.1) is 0 Å². The zero-order valence-corrected chi connectivity index (χ0v) is 39.9. The third kappa shape index (κ3) is 20.5. The van der Waals surface area contributed by atoms with E-state index in [1.54, 1.807) is 20.8 Å². The molecule has 7 fully saturated rings. The fourth-order valence-corrected chi connectivity index (χ4v) is 6.22. The number of esters is 1. The summed E-state index contributed by atoms with van der Waals surface area (Å²) in [7, 11) is 1.19. The van der Waals surface area contributed by atoms with Crippen LogP contribution in [0.3, 0.4) is 0 Å². The first kappa shape index (κ1) is 60.6. The van der Waals surface area contributed by atoms with E-state index in [0.717, 1.165) is 6.42 Å². The highest BCUT2D eigenvalue weighted by Gasteiger charge is 2.48. The molecule has 0 aromatic carbocycles. The van der Waals surface area contributed by atoms with Crippen molar-refractivity contribution < 1.29 is 131 Å². The minimum absolute atomic E-state index is 0.0360. The van der Waals surface area contributed by atoms with Gasteiger partial charge in [-0.1, -0.05) is 6.92 Å². The van der Waals surface area contributed by atoms with Gasteiger partial charge in [-0.05, 0) is 47.1 Å². The van der Waals surface area contributed by atoms with E-state index < -0.39 is 78.5 Å². The van der Waals surface area contributed by atoms with Crippen LogP contribution in [0.15, 0.2) is 12.5 Å². The number of ketones is 1. The molecule has 0 bridgehead atoms. The number of hydrogen-bond acceptors (Lipinski definition) is 27. The van der Waals surface area contributed by atoms with Crippen molar-refractivity contribution in [2.45, 2.75) is 108 Å². The number of cyclic esters (lactones) is 9. The van der Waals surface area contributed by atoms with Gasteiger partial charge in [-0.25, -0.2) is 24.0 Å². The average Bonchev–Trinajstić information content (AvgIpc) is 4.16. The van der Waals surface area contributed by atoms with Crippen molar-refractivity contribution in [1.29, 1.82) is 0 Å². The van der Waals surface area contributed by atoms with Crippen LogP contribution < -0.4 is 5.32 Å². The van der Waals surface area contributed by atoms with E-state index in [-0.39, 0.29) is 95.3 Å². The molecular formula is C42H67NO27. The van der Waals surface area contributed by atoms with Crippen molar-refractivity contribution in [1.82, 2.24) is 5.32 Å². The second-order valence-corrected chi connectivity index (χ2v) is 17.0. The van der Waals surface area contributed by atoms with Gasteiger partial charge in [-0.3, -0.25) is 4.79 Å². The SMILES string of the molecule is C=C1OCC(CC)(CO)CO1.CC(=O)CC1(CO)COC(=O)OC1.CC(O)C1COC(=O)O1.CC1(C)OCC(C2OC(=O)OC2CO)O1.COC(=O)NC1(CO)COC(=O)OC1.O=C1CCC(CO)O1. The molecule has 0 aliphatic carbocycles. The Balaban J connectivity index is 0.000000292. The molecule has 28 heteroatoms. The van der Waals surface area contributed by atoms with Crippen LogP contribution in [-0.2, 0) is 75.9 Å². The van der Waals surface area contributed by atoms with E-state index in [0.29, 0.717) is 38.6 Å². The number of rotatable bonds is 11. The number of amides is 1. The van der Waals surface area contributed by atoms with Crippen LogP contribution in [0, 0.1) is 10.8 Å². The molecule has 0 spiro atoms. The zero-order valence-electron chi connectivity index (χ0n) is 39.9. The first-order chi connectivity index (χ1) is 33.0. The van der Waals surface area contributed by atoms with Gasteiger partial charge in [0.2, 0.25) is 0 Å². The van der Waals surface area contributed by atoms with Crippen molar-refractivity contribution >= 4 is 42.5 Å². The molecule has 0 radical (unpaired) electrons. The summed E-state index contributed by atoms with van der Waals surface area (Å²) in [6, 6.07) is 0. The van der Waals surface area contributed by atoms with Gasteiger partial charge in [0.1, 0.15) is 69.8 Å². The predicted octanol–water partition coefficient (Wildman–Crippen LogP) is -0.134. The van der Waals surface area contributed by atoms with Gasteiger partial charge in [0.05, 0.1) is 63.7 Å². The molecule has 402 valence electrons. The zero-order chi connectivity index (χ0) is 52.7. The second-order valence-electron chi connectivity index (χ2n) is 17.0. The summed E-state index contributed by atoms with van der Waals surface area (Å²) in [5.74, 6) is -0.568. The second kappa shape index (κ2) is 29.0. The number of methoxy groups -OCH3 is 1. The summed E-state index contributed by atoms with van der Waals surface area (Å²) in [5, 5.41) is 55.7. The minimum atomic E-state index is -1.11. The van der Waals surface area contributed by atoms with Crippen LogP contribution in [0.4, 0.5) is 24.0 Å². The highest BCUT2D eigenvalue weighted by atomic mass is 16.8. The summed E-state index contributed by atoms with van der Waals surface area (Å²) in [6.45, 7) is 12.5. The number of aliphatic hydroxyl groups excluding tert-OH is 6. The fraction of sp³-hybridized carbons (Fsp3) is 0.786. The molecule has 7 heterocycles. The first-order valence-electron chi connectivity index (χ1n) is 21.8. The predicted molar refractivity (Wildman–Crippen MR) is 227 cm³/mol. The number of aliphatic hydroxyl groups is 6. The van der Waals surface area contributed by atoms with Gasteiger partial charge < -0.3 is 107 Å². The Hall–Kier alpha value is -5.49. The highest BCUT2D eigenvalue weighted by Crippen LogP contribution is 2.31. The fourth-order valence-electron chi connectivity index (χ4n) is 6.22. The van der Waals surface area contributed by atoms with Crippen LogP contribution >= 0.6 is 0 Å². The van der Waals surface area contributed by atoms with Crippen molar-refractivity contribution in [2.75, 3.05) is 93.0 Å². The summed E-state index contributed by atoms with van der Waals surface area (Å²) in [5.41, 5.74) is -2.05. The maximum absolute atomic E-state index is 10.9. The van der Waals surface area contributed by atoms with Gasteiger partial charge in [0.15, 0.2) is 24.1 Å². The van der Waals surface area contributed by atoms with Crippen LogP contribution in [0.25, 0.3) is 0 Å². The molecular weight excluding hydrogens is 950 g/mol. The minimum Gasteiger partial charge on any atom is -0.465 e. The molecule has 0 aromatic rings. The molecule has 1 amide bonds. The summed E-state index contributed by atoms with van der Waals surface area (Å²) in [4.78, 5) is 74.2. The molecule has 7 aliphatic rings. The summed E-state index contributed by atoms with van der Waals surface area (Å²) < 4.78 is 66.9. The van der Waals surface area contributed by atoms with E-state index in [2.05, 4.69) is 49.8 Å². The number of Topliss-reactive ketones (excluding diaryl/α,β-unsaturated/α-hetero) is 1. The molecule has 7 saturated heterocycles. The quantitative estimate of drug-likeness (QED) is 0.105. The maximum atomic E-state index is 10.9.